The van der Waals surface area contributed by atoms with E-state index in [1.165, 1.54) is 12.5 Å². The van der Waals surface area contributed by atoms with Gasteiger partial charge in [-0.3, -0.25) is 14.6 Å². The molecule has 0 bridgehead atoms. The third-order valence-electron chi connectivity index (χ3n) is 6.59. The molecule has 0 aliphatic carbocycles. The number of nitrogens with one attached hydrogen (secondary N) is 1. The van der Waals surface area contributed by atoms with Gasteiger partial charge in [-0.05, 0) is 42.7 Å². The van der Waals surface area contributed by atoms with Gasteiger partial charge in [-0.15, -0.1) is 0 Å². The number of hydrogen-bond acceptors (Lipinski definition) is 7. The molecule has 4 rings (SSSR count). The molecular formula is C26H34N4O7S. The van der Waals surface area contributed by atoms with E-state index in [-0.39, 0.29) is 10.8 Å². The summed E-state index contributed by atoms with van der Waals surface area (Å²) in [5, 5.41) is 17.4. The first-order valence-corrected chi connectivity index (χ1v) is 13.8. The molecule has 2 saturated heterocycles. The van der Waals surface area contributed by atoms with Crippen LogP contribution in [0.2, 0.25) is 0 Å². The van der Waals surface area contributed by atoms with Crippen molar-refractivity contribution in [3.8, 4) is 0 Å². The topological polar surface area (TPSA) is 148 Å². The first kappa shape index (κ1) is 29.2. The first-order chi connectivity index (χ1) is 18.1. The Bertz CT molecular complexity index is 1180. The minimum absolute atomic E-state index is 0.177. The number of amides is 1. The van der Waals surface area contributed by atoms with E-state index in [4.69, 9.17) is 19.8 Å². The van der Waals surface area contributed by atoms with Crippen LogP contribution in [0.25, 0.3) is 0 Å². The van der Waals surface area contributed by atoms with Gasteiger partial charge in [0.1, 0.15) is 0 Å². The first-order valence-electron chi connectivity index (χ1n) is 12.4. The highest BCUT2D eigenvalue weighted by molar-refractivity contribution is 7.89. The standard InChI is InChI=1S/C24H32N4O3S.C2H2O4/c1-20(29)25-22-7-9-24(10-8-22)32(30,31)28-13-11-23(12-14-28)27-17-15-26(16-18-27)19-21-5-3-2-4-6-21;3-1(4)2(5)6/h2-10,23H,11-19H2,1H3,(H,25,29);(H,3,4)(H,5,6). The lowest BCUT2D eigenvalue weighted by Gasteiger charge is -2.42. The number of benzene rings is 2. The third-order valence-corrected chi connectivity index (χ3v) is 8.50. The fourth-order valence-electron chi connectivity index (χ4n) is 4.64. The Labute approximate surface area is 222 Å². The molecule has 2 heterocycles. The van der Waals surface area contributed by atoms with Crippen LogP contribution in [0, 0.1) is 0 Å². The zero-order valence-corrected chi connectivity index (χ0v) is 22.1. The Morgan fingerprint density at radius 3 is 1.89 bits per heavy atom. The highest BCUT2D eigenvalue weighted by Crippen LogP contribution is 2.25. The zero-order valence-electron chi connectivity index (χ0n) is 21.3. The monoisotopic (exact) mass is 546 g/mol. The molecule has 0 spiro atoms. The number of carboxylic acid groups (broad SMARTS) is 2. The average Bonchev–Trinajstić information content (AvgIpc) is 2.90. The van der Waals surface area contributed by atoms with Crippen molar-refractivity contribution in [2.75, 3.05) is 44.6 Å². The number of piperazine rings is 1. The maximum absolute atomic E-state index is 13.0. The predicted molar refractivity (Wildman–Crippen MR) is 141 cm³/mol. The van der Waals surface area contributed by atoms with Crippen LogP contribution >= 0.6 is 0 Å². The Balaban J connectivity index is 0.000000599. The van der Waals surface area contributed by atoms with Crippen LogP contribution in [0.15, 0.2) is 59.5 Å². The predicted octanol–water partition coefficient (Wildman–Crippen LogP) is 1.77. The van der Waals surface area contributed by atoms with E-state index in [1.807, 2.05) is 0 Å². The molecule has 2 aromatic carbocycles. The van der Waals surface area contributed by atoms with E-state index >= 15 is 0 Å². The summed E-state index contributed by atoms with van der Waals surface area (Å²) in [6.07, 6.45) is 1.73. The molecule has 0 aromatic heterocycles. The molecule has 0 radical (unpaired) electrons. The lowest BCUT2D eigenvalue weighted by atomic mass is 10.0. The van der Waals surface area contributed by atoms with Crippen molar-refractivity contribution in [1.29, 1.82) is 0 Å². The second-order valence-electron chi connectivity index (χ2n) is 9.25. The summed E-state index contributed by atoms with van der Waals surface area (Å²) >= 11 is 0. The number of carbonyl (C=O) groups is 3. The number of rotatable bonds is 6. The molecule has 0 atom stereocenters. The van der Waals surface area contributed by atoms with Crippen LogP contribution in [-0.2, 0) is 31.0 Å². The van der Waals surface area contributed by atoms with Crippen LogP contribution in [0.4, 0.5) is 5.69 Å². The van der Waals surface area contributed by atoms with E-state index in [1.54, 1.807) is 28.6 Å². The third kappa shape index (κ3) is 8.35. The van der Waals surface area contributed by atoms with Gasteiger partial charge in [0.25, 0.3) is 0 Å². The number of aliphatic carboxylic acids is 2. The van der Waals surface area contributed by atoms with E-state index in [9.17, 15) is 13.2 Å². The fraction of sp³-hybridized carbons (Fsp3) is 0.423. The van der Waals surface area contributed by atoms with E-state index in [0.717, 1.165) is 45.6 Å². The molecule has 0 unspecified atom stereocenters. The maximum Gasteiger partial charge on any atom is 0.414 e. The Morgan fingerprint density at radius 1 is 0.842 bits per heavy atom. The molecule has 206 valence electrons. The van der Waals surface area contributed by atoms with Gasteiger partial charge in [-0.25, -0.2) is 18.0 Å². The van der Waals surface area contributed by atoms with Crippen molar-refractivity contribution >= 4 is 33.6 Å². The largest absolute Gasteiger partial charge is 0.473 e. The Hall–Kier alpha value is -3.32. The molecule has 38 heavy (non-hydrogen) atoms. The summed E-state index contributed by atoms with van der Waals surface area (Å²) in [7, 11) is -3.51. The average molecular weight is 547 g/mol. The summed E-state index contributed by atoms with van der Waals surface area (Å²) in [4.78, 5) is 34.7. The number of hydrogen-bond donors (Lipinski definition) is 3. The minimum atomic E-state index is -3.51. The molecule has 3 N–H and O–H groups in total. The highest BCUT2D eigenvalue weighted by atomic mass is 32.2. The number of nitrogens with zero attached hydrogens (tertiary/aromatic N) is 3. The zero-order chi connectivity index (χ0) is 27.7. The molecule has 2 aromatic rings. The van der Waals surface area contributed by atoms with Gasteiger partial charge in [-0.2, -0.15) is 4.31 Å². The van der Waals surface area contributed by atoms with E-state index < -0.39 is 22.0 Å². The summed E-state index contributed by atoms with van der Waals surface area (Å²) in [6.45, 7) is 7.69. The number of piperidine rings is 1. The molecule has 1 amide bonds. The number of anilines is 1. The summed E-state index contributed by atoms with van der Waals surface area (Å²) in [5.41, 5.74) is 1.95. The quantitative estimate of drug-likeness (QED) is 0.461. The van der Waals surface area contributed by atoms with Gasteiger partial charge >= 0.3 is 11.9 Å². The molecule has 12 heteroatoms. The van der Waals surface area contributed by atoms with Crippen molar-refractivity contribution in [1.82, 2.24) is 14.1 Å². The Morgan fingerprint density at radius 2 is 1.39 bits per heavy atom. The second kappa shape index (κ2) is 13.5. The molecule has 11 nitrogen and oxygen atoms in total. The van der Waals surface area contributed by atoms with Crippen molar-refractivity contribution in [2.24, 2.45) is 0 Å². The van der Waals surface area contributed by atoms with Gasteiger partial charge in [0.2, 0.25) is 15.9 Å². The summed E-state index contributed by atoms with van der Waals surface area (Å²) in [5.74, 6) is -3.83. The van der Waals surface area contributed by atoms with Crippen LogP contribution in [0.5, 0.6) is 0 Å². The van der Waals surface area contributed by atoms with Crippen LogP contribution in [0.1, 0.15) is 25.3 Å². The van der Waals surface area contributed by atoms with Gasteiger partial charge in [0.05, 0.1) is 4.90 Å². The lowest BCUT2D eigenvalue weighted by Crippen LogP contribution is -2.53. The molecule has 2 fully saturated rings. The van der Waals surface area contributed by atoms with E-state index in [0.29, 0.717) is 24.8 Å². The van der Waals surface area contributed by atoms with Crippen molar-refractivity contribution < 1.29 is 33.0 Å². The Kier molecular flexibility index (Phi) is 10.4. The maximum atomic E-state index is 13.0. The van der Waals surface area contributed by atoms with Crippen molar-refractivity contribution in [3.05, 3.63) is 60.2 Å². The SMILES string of the molecule is CC(=O)Nc1ccc(S(=O)(=O)N2CCC(N3CCN(Cc4ccccc4)CC3)CC2)cc1.O=C(O)C(=O)O. The number of carbonyl (C=O) groups excluding carboxylic acids is 1. The summed E-state index contributed by atoms with van der Waals surface area (Å²) in [6, 6.07) is 17.4. The number of carboxylic acids is 2. The summed E-state index contributed by atoms with van der Waals surface area (Å²) < 4.78 is 27.7. The van der Waals surface area contributed by atoms with Crippen molar-refractivity contribution in [2.45, 2.75) is 37.2 Å². The molecule has 0 saturated carbocycles. The van der Waals surface area contributed by atoms with Crippen LogP contribution in [0.3, 0.4) is 0 Å². The number of sulfonamides is 1. The fourth-order valence-corrected chi connectivity index (χ4v) is 6.11. The minimum Gasteiger partial charge on any atom is -0.473 e. The van der Waals surface area contributed by atoms with Gasteiger partial charge < -0.3 is 15.5 Å². The van der Waals surface area contributed by atoms with Gasteiger partial charge in [0.15, 0.2) is 0 Å². The lowest BCUT2D eigenvalue weighted by molar-refractivity contribution is -0.159. The molecule has 2 aliphatic rings. The highest BCUT2D eigenvalue weighted by Gasteiger charge is 2.32. The van der Waals surface area contributed by atoms with Crippen LogP contribution < -0.4 is 5.32 Å². The van der Waals surface area contributed by atoms with Crippen LogP contribution in [-0.4, -0.2) is 95.9 Å². The van der Waals surface area contributed by atoms with Crippen molar-refractivity contribution in [3.63, 3.8) is 0 Å². The molecular weight excluding hydrogens is 512 g/mol. The normalized spacial score (nSPS) is 17.7. The van der Waals surface area contributed by atoms with Gasteiger partial charge in [0, 0.05) is 64.5 Å². The molecule has 2 aliphatic heterocycles. The van der Waals surface area contributed by atoms with Gasteiger partial charge in [-0.1, -0.05) is 30.3 Å². The smallest absolute Gasteiger partial charge is 0.414 e. The van der Waals surface area contributed by atoms with E-state index in [2.05, 4.69) is 45.4 Å². The second-order valence-corrected chi connectivity index (χ2v) is 11.2.